The molecular weight excluding hydrogens is 534 g/mol. The van der Waals surface area contributed by atoms with Gasteiger partial charge >= 0.3 is 5.97 Å². The predicted octanol–water partition coefficient (Wildman–Crippen LogP) is 3.29. The average molecular weight is 582 g/mol. The van der Waals surface area contributed by atoms with Crippen LogP contribution < -0.4 is 5.32 Å². The molecular formula is C29H47N3O9. The molecule has 0 saturated heterocycles. The highest BCUT2D eigenvalue weighted by molar-refractivity contribution is 5.88. The van der Waals surface area contributed by atoms with Crippen LogP contribution in [0.3, 0.4) is 0 Å². The number of Topliss-reactive ketones (excluding diaryl/α,β-unsaturated/α-hetero) is 1. The molecule has 0 spiro atoms. The molecule has 1 aromatic rings. The molecule has 1 amide bonds. The summed E-state index contributed by atoms with van der Waals surface area (Å²) in [5.74, 6) is -1.44. The molecule has 41 heavy (non-hydrogen) atoms. The van der Waals surface area contributed by atoms with E-state index in [9.17, 15) is 29.6 Å². The van der Waals surface area contributed by atoms with Crippen LogP contribution in [0.5, 0.6) is 0 Å². The van der Waals surface area contributed by atoms with Crippen LogP contribution in [-0.2, 0) is 35.1 Å². The molecule has 0 radical (unpaired) electrons. The van der Waals surface area contributed by atoms with Crippen molar-refractivity contribution in [1.82, 2.24) is 10.2 Å². The third kappa shape index (κ3) is 14.4. The third-order valence-electron chi connectivity index (χ3n) is 6.87. The van der Waals surface area contributed by atoms with Crippen molar-refractivity contribution in [3.05, 3.63) is 46.0 Å². The minimum Gasteiger partial charge on any atom is -0.480 e. The first kappa shape index (κ1) is 35.9. The molecule has 4 atom stereocenters. The van der Waals surface area contributed by atoms with E-state index in [1.165, 1.54) is 4.90 Å². The summed E-state index contributed by atoms with van der Waals surface area (Å²) in [6.45, 7) is 7.19. The molecule has 232 valence electrons. The van der Waals surface area contributed by atoms with E-state index in [0.717, 1.165) is 31.2 Å². The monoisotopic (exact) mass is 581 g/mol. The molecule has 0 aromatic heterocycles. The minimum absolute atomic E-state index is 0.0195. The number of ether oxygens (including phenoxy) is 2. The van der Waals surface area contributed by atoms with Crippen molar-refractivity contribution < 1.29 is 38.9 Å². The number of benzene rings is 1. The number of carboxylic acid groups (broad SMARTS) is 1. The largest absolute Gasteiger partial charge is 0.480 e. The Bertz CT molecular complexity index is 916. The van der Waals surface area contributed by atoms with Crippen LogP contribution in [-0.4, -0.2) is 90.5 Å². The summed E-state index contributed by atoms with van der Waals surface area (Å²) in [6.07, 6.45) is 4.74. The van der Waals surface area contributed by atoms with Crippen molar-refractivity contribution in [2.45, 2.75) is 84.3 Å². The zero-order valence-corrected chi connectivity index (χ0v) is 24.8. The van der Waals surface area contributed by atoms with Crippen molar-refractivity contribution in [1.29, 1.82) is 0 Å². The van der Waals surface area contributed by atoms with E-state index in [0.29, 0.717) is 12.8 Å². The first-order chi connectivity index (χ1) is 19.7. The number of aliphatic carboxylic acids is 1. The number of amides is 1. The molecule has 2 N–H and O–H groups in total. The van der Waals surface area contributed by atoms with E-state index in [4.69, 9.17) is 9.47 Å². The molecule has 1 aromatic carbocycles. The number of carbonyl (C=O) groups excluding carboxylic acids is 2. The predicted molar refractivity (Wildman–Crippen MR) is 153 cm³/mol. The van der Waals surface area contributed by atoms with Crippen molar-refractivity contribution in [3.8, 4) is 0 Å². The van der Waals surface area contributed by atoms with Gasteiger partial charge in [0.2, 0.25) is 5.91 Å². The molecule has 12 nitrogen and oxygen atoms in total. The third-order valence-corrected chi connectivity index (χ3v) is 6.87. The van der Waals surface area contributed by atoms with Gasteiger partial charge in [0.05, 0.1) is 31.9 Å². The van der Waals surface area contributed by atoms with Crippen LogP contribution in [0.2, 0.25) is 0 Å². The lowest BCUT2D eigenvalue weighted by molar-refractivity contribution is -0.758. The van der Waals surface area contributed by atoms with Gasteiger partial charge in [-0.3, -0.25) is 19.7 Å². The van der Waals surface area contributed by atoms with Gasteiger partial charge in [0.1, 0.15) is 19.8 Å². The minimum atomic E-state index is -1.06. The first-order valence-electron chi connectivity index (χ1n) is 14.5. The molecule has 4 unspecified atom stereocenters. The number of hydrogen-bond donors (Lipinski definition) is 2. The quantitative estimate of drug-likeness (QED) is 0.141. The highest BCUT2D eigenvalue weighted by atomic mass is 17.0. The Labute approximate surface area is 242 Å². The number of nitrogens with zero attached hydrogens (tertiary/aromatic N) is 2. The second-order valence-corrected chi connectivity index (χ2v) is 9.84. The van der Waals surface area contributed by atoms with E-state index in [-0.39, 0.29) is 63.2 Å². The van der Waals surface area contributed by atoms with E-state index in [1.54, 1.807) is 6.92 Å². The van der Waals surface area contributed by atoms with Gasteiger partial charge in [0, 0.05) is 6.04 Å². The molecule has 0 bridgehead atoms. The molecule has 1 aliphatic rings. The van der Waals surface area contributed by atoms with Crippen LogP contribution in [0.15, 0.2) is 30.3 Å². The summed E-state index contributed by atoms with van der Waals surface area (Å²) in [6, 6.07) is 8.07. The van der Waals surface area contributed by atoms with Gasteiger partial charge in [-0.2, -0.15) is 0 Å². The standard InChI is InChI=1S/C27H41N3O9.C2H6/c1-20-8-6-7-11-24(20)29(18-26(32)33)27(34)21(2)28-23(13-12-22-9-4-3-5-10-22)25(31)19-38-15-14-37-16-17-39-30(35)36;1-2/h3-5,9-10,20-21,23-24,28H,6-8,11-19H2,1-2H3,(H,32,33);1-2H3. The fraction of sp³-hybridized carbons (Fsp3) is 0.690. The van der Waals surface area contributed by atoms with Crippen LogP contribution in [0.4, 0.5) is 0 Å². The van der Waals surface area contributed by atoms with Gasteiger partial charge in [-0.15, -0.1) is 10.1 Å². The van der Waals surface area contributed by atoms with Crippen molar-refractivity contribution in [2.24, 2.45) is 5.92 Å². The second kappa shape index (κ2) is 20.7. The van der Waals surface area contributed by atoms with E-state index in [1.807, 2.05) is 51.1 Å². The van der Waals surface area contributed by atoms with Gasteiger partial charge in [-0.1, -0.05) is 63.9 Å². The number of carboxylic acids is 1. The number of nitrogens with one attached hydrogen (secondary N) is 1. The fourth-order valence-electron chi connectivity index (χ4n) is 4.84. The van der Waals surface area contributed by atoms with Crippen LogP contribution in [0.25, 0.3) is 0 Å². The molecule has 1 saturated carbocycles. The molecule has 0 heterocycles. The lowest BCUT2D eigenvalue weighted by Crippen LogP contribution is -2.56. The number of carbonyl (C=O) groups is 3. The second-order valence-electron chi connectivity index (χ2n) is 9.84. The molecule has 2 rings (SSSR count). The smallest absolute Gasteiger partial charge is 0.323 e. The van der Waals surface area contributed by atoms with Gasteiger partial charge < -0.3 is 24.3 Å². The van der Waals surface area contributed by atoms with Gasteiger partial charge in [-0.25, -0.2) is 0 Å². The first-order valence-corrected chi connectivity index (χ1v) is 14.5. The summed E-state index contributed by atoms with van der Waals surface area (Å²) in [7, 11) is 0. The van der Waals surface area contributed by atoms with Crippen molar-refractivity contribution >= 4 is 17.7 Å². The van der Waals surface area contributed by atoms with Crippen LogP contribution in [0, 0.1) is 16.0 Å². The maximum Gasteiger partial charge on any atom is 0.323 e. The molecule has 12 heteroatoms. The molecule has 0 aliphatic heterocycles. The number of aryl methyl sites for hydroxylation is 1. The van der Waals surface area contributed by atoms with Crippen molar-refractivity contribution in [3.63, 3.8) is 0 Å². The summed E-state index contributed by atoms with van der Waals surface area (Å²) in [5, 5.41) is 21.9. The lowest BCUT2D eigenvalue weighted by Gasteiger charge is -2.39. The average Bonchev–Trinajstić information content (AvgIpc) is 2.96. The van der Waals surface area contributed by atoms with Crippen LogP contribution in [0.1, 0.15) is 65.4 Å². The highest BCUT2D eigenvalue weighted by Crippen LogP contribution is 2.28. The van der Waals surface area contributed by atoms with Gasteiger partial charge in [0.25, 0.3) is 5.09 Å². The topological polar surface area (TPSA) is 158 Å². The summed E-state index contributed by atoms with van der Waals surface area (Å²) < 4.78 is 10.6. The van der Waals surface area contributed by atoms with Gasteiger partial charge in [0.15, 0.2) is 5.78 Å². The maximum atomic E-state index is 13.5. The summed E-state index contributed by atoms with van der Waals surface area (Å²) >= 11 is 0. The Morgan fingerprint density at radius 3 is 2.34 bits per heavy atom. The zero-order valence-electron chi connectivity index (χ0n) is 24.8. The van der Waals surface area contributed by atoms with E-state index >= 15 is 0 Å². The lowest BCUT2D eigenvalue weighted by atomic mass is 9.84. The fourth-order valence-corrected chi connectivity index (χ4v) is 4.84. The Morgan fingerprint density at radius 2 is 1.71 bits per heavy atom. The Kier molecular flexibility index (Phi) is 18.2. The number of ketones is 1. The van der Waals surface area contributed by atoms with Gasteiger partial charge in [-0.05, 0) is 44.1 Å². The Hall–Kier alpha value is -3.09. The Morgan fingerprint density at radius 1 is 1.07 bits per heavy atom. The summed E-state index contributed by atoms with van der Waals surface area (Å²) in [4.78, 5) is 53.9. The summed E-state index contributed by atoms with van der Waals surface area (Å²) in [5.41, 5.74) is 1.05. The zero-order chi connectivity index (χ0) is 30.6. The Balaban J connectivity index is 0.00000411. The van der Waals surface area contributed by atoms with E-state index < -0.39 is 23.1 Å². The molecule has 1 aliphatic carbocycles. The van der Waals surface area contributed by atoms with E-state index in [2.05, 4.69) is 10.2 Å². The number of rotatable bonds is 19. The highest BCUT2D eigenvalue weighted by Gasteiger charge is 2.35. The SMILES string of the molecule is CC.CC(NC(CCc1ccccc1)C(=O)COCCOCCO[N+](=O)[O-])C(=O)N(CC(=O)O)C1CCCCC1C. The normalized spacial score (nSPS) is 17.9. The number of hydrogen-bond acceptors (Lipinski definition) is 9. The van der Waals surface area contributed by atoms with Crippen LogP contribution >= 0.6 is 0 Å². The maximum absolute atomic E-state index is 13.5. The molecule has 1 fully saturated rings. The van der Waals surface area contributed by atoms with Crippen molar-refractivity contribution in [2.75, 3.05) is 39.6 Å².